The van der Waals surface area contributed by atoms with Crippen molar-refractivity contribution in [2.75, 3.05) is 0 Å². The lowest BCUT2D eigenvalue weighted by Gasteiger charge is -2.06. The number of aromatic hydroxyl groups is 1. The zero-order valence-corrected chi connectivity index (χ0v) is 7.55. The number of aliphatic imine (C=N–C) groups is 1. The van der Waals surface area contributed by atoms with Gasteiger partial charge in [0, 0.05) is 6.42 Å². The van der Waals surface area contributed by atoms with Gasteiger partial charge in [0.15, 0.2) is 6.04 Å². The number of rotatable bonds is 4. The molecule has 1 atom stereocenters. The van der Waals surface area contributed by atoms with Crippen LogP contribution >= 0.6 is 0 Å². The van der Waals surface area contributed by atoms with E-state index in [2.05, 4.69) is 11.7 Å². The van der Waals surface area contributed by atoms with Gasteiger partial charge in [0.2, 0.25) is 0 Å². The normalized spacial score (nSPS) is 12.0. The highest BCUT2D eigenvalue weighted by molar-refractivity contribution is 5.74. The van der Waals surface area contributed by atoms with Crippen molar-refractivity contribution in [3.63, 3.8) is 0 Å². The first-order valence-corrected chi connectivity index (χ1v) is 4.10. The highest BCUT2D eigenvalue weighted by Gasteiger charge is 2.14. The van der Waals surface area contributed by atoms with Crippen LogP contribution in [0.25, 0.3) is 0 Å². The Labute approximate surface area is 81.5 Å². The Morgan fingerprint density at radius 1 is 1.43 bits per heavy atom. The molecule has 14 heavy (non-hydrogen) atoms. The van der Waals surface area contributed by atoms with E-state index >= 15 is 0 Å². The fourth-order valence-corrected chi connectivity index (χ4v) is 1.09. The SMILES string of the molecule is C=NC(Cc1ccc(O)cc1)C(=O)O. The molecule has 4 nitrogen and oxygen atoms in total. The summed E-state index contributed by atoms with van der Waals surface area (Å²) in [5.74, 6) is -0.833. The van der Waals surface area contributed by atoms with Gasteiger partial charge in [-0.1, -0.05) is 12.1 Å². The first-order valence-electron chi connectivity index (χ1n) is 4.10. The molecule has 0 bridgehead atoms. The Bertz CT molecular complexity index is 332. The predicted molar refractivity (Wildman–Crippen MR) is 52.8 cm³/mol. The van der Waals surface area contributed by atoms with E-state index in [0.29, 0.717) is 6.42 Å². The molecule has 0 heterocycles. The lowest BCUT2D eigenvalue weighted by atomic mass is 10.1. The second kappa shape index (κ2) is 4.41. The van der Waals surface area contributed by atoms with Crippen LogP contribution in [0, 0.1) is 0 Å². The third kappa shape index (κ3) is 2.58. The number of carboxylic acid groups (broad SMARTS) is 1. The van der Waals surface area contributed by atoms with Crippen molar-refractivity contribution in [2.45, 2.75) is 12.5 Å². The maximum atomic E-state index is 10.6. The van der Waals surface area contributed by atoms with E-state index in [0.717, 1.165) is 5.56 Å². The quantitative estimate of drug-likeness (QED) is 0.703. The standard InChI is InChI=1S/C10H11NO3/c1-11-9(10(13)14)6-7-2-4-8(12)5-3-7/h2-5,9,12H,1,6H2,(H,13,14). The van der Waals surface area contributed by atoms with Gasteiger partial charge in [-0.3, -0.25) is 4.99 Å². The minimum absolute atomic E-state index is 0.159. The van der Waals surface area contributed by atoms with Crippen LogP contribution in [0.15, 0.2) is 29.3 Å². The number of phenols is 1. The molecule has 0 radical (unpaired) electrons. The van der Waals surface area contributed by atoms with Gasteiger partial charge in [-0.05, 0) is 24.4 Å². The van der Waals surface area contributed by atoms with Gasteiger partial charge in [0.1, 0.15) is 5.75 Å². The van der Waals surface area contributed by atoms with Gasteiger partial charge in [-0.2, -0.15) is 0 Å². The van der Waals surface area contributed by atoms with Crippen LogP contribution in [0.2, 0.25) is 0 Å². The molecular weight excluding hydrogens is 182 g/mol. The summed E-state index contributed by atoms with van der Waals surface area (Å²) in [7, 11) is 0. The molecule has 74 valence electrons. The Kier molecular flexibility index (Phi) is 3.23. The summed E-state index contributed by atoms with van der Waals surface area (Å²) in [5.41, 5.74) is 0.808. The fourth-order valence-electron chi connectivity index (χ4n) is 1.09. The lowest BCUT2D eigenvalue weighted by molar-refractivity contribution is -0.138. The zero-order valence-electron chi connectivity index (χ0n) is 7.55. The summed E-state index contributed by atoms with van der Waals surface area (Å²) in [5, 5.41) is 17.7. The van der Waals surface area contributed by atoms with E-state index in [9.17, 15) is 4.79 Å². The summed E-state index contributed by atoms with van der Waals surface area (Å²) in [6.07, 6.45) is 0.291. The molecule has 0 aromatic heterocycles. The summed E-state index contributed by atoms with van der Waals surface area (Å²) < 4.78 is 0. The van der Waals surface area contributed by atoms with Crippen molar-refractivity contribution in [3.05, 3.63) is 29.8 Å². The van der Waals surface area contributed by atoms with Crippen LogP contribution in [0.4, 0.5) is 0 Å². The third-order valence-electron chi connectivity index (χ3n) is 1.87. The van der Waals surface area contributed by atoms with Gasteiger partial charge in [-0.15, -0.1) is 0 Å². The summed E-state index contributed by atoms with van der Waals surface area (Å²) in [6, 6.07) is 5.53. The molecule has 2 N–H and O–H groups in total. The third-order valence-corrected chi connectivity index (χ3v) is 1.87. The molecule has 0 saturated carbocycles. The minimum atomic E-state index is -0.993. The Morgan fingerprint density at radius 2 is 2.00 bits per heavy atom. The van der Waals surface area contributed by atoms with E-state index in [1.165, 1.54) is 12.1 Å². The second-order valence-corrected chi connectivity index (χ2v) is 2.91. The van der Waals surface area contributed by atoms with Crippen molar-refractivity contribution in [3.8, 4) is 5.75 Å². The second-order valence-electron chi connectivity index (χ2n) is 2.91. The molecule has 0 fully saturated rings. The number of carboxylic acids is 1. The predicted octanol–water partition coefficient (Wildman–Crippen LogP) is 1.09. The smallest absolute Gasteiger partial charge is 0.328 e. The molecule has 0 spiro atoms. The average Bonchev–Trinajstić information content (AvgIpc) is 2.16. The van der Waals surface area contributed by atoms with Gasteiger partial charge in [0.25, 0.3) is 0 Å². The highest BCUT2D eigenvalue weighted by atomic mass is 16.4. The molecule has 4 heteroatoms. The van der Waals surface area contributed by atoms with Gasteiger partial charge >= 0.3 is 5.97 Å². The van der Waals surface area contributed by atoms with Crippen molar-refractivity contribution >= 4 is 12.7 Å². The number of hydrogen-bond donors (Lipinski definition) is 2. The maximum absolute atomic E-state index is 10.6. The molecule has 0 saturated heterocycles. The fraction of sp³-hybridized carbons (Fsp3) is 0.200. The average molecular weight is 193 g/mol. The lowest BCUT2D eigenvalue weighted by Crippen LogP contribution is -2.20. The largest absolute Gasteiger partial charge is 0.508 e. The molecule has 1 aromatic rings. The van der Waals surface area contributed by atoms with E-state index in [1.54, 1.807) is 12.1 Å². The molecule has 0 aliphatic heterocycles. The van der Waals surface area contributed by atoms with Crippen LogP contribution in [-0.2, 0) is 11.2 Å². The number of carbonyl (C=O) groups is 1. The molecular formula is C10H11NO3. The molecule has 1 unspecified atom stereocenters. The van der Waals surface area contributed by atoms with Gasteiger partial charge < -0.3 is 10.2 Å². The van der Waals surface area contributed by atoms with E-state index in [1.807, 2.05) is 0 Å². The molecule has 0 aliphatic carbocycles. The number of hydrogen-bond acceptors (Lipinski definition) is 3. The molecule has 1 aromatic carbocycles. The highest BCUT2D eigenvalue weighted by Crippen LogP contribution is 2.12. The van der Waals surface area contributed by atoms with Gasteiger partial charge in [0.05, 0.1) is 0 Å². The first-order chi connectivity index (χ1) is 6.63. The Morgan fingerprint density at radius 3 is 2.43 bits per heavy atom. The molecule has 0 amide bonds. The van der Waals surface area contributed by atoms with Crippen molar-refractivity contribution in [1.29, 1.82) is 0 Å². The van der Waals surface area contributed by atoms with Crippen LogP contribution in [-0.4, -0.2) is 28.9 Å². The van der Waals surface area contributed by atoms with E-state index < -0.39 is 12.0 Å². The van der Waals surface area contributed by atoms with Crippen LogP contribution in [0.1, 0.15) is 5.56 Å². The number of benzene rings is 1. The number of phenolic OH excluding ortho intramolecular Hbond substituents is 1. The summed E-state index contributed by atoms with van der Waals surface area (Å²) >= 11 is 0. The minimum Gasteiger partial charge on any atom is -0.508 e. The summed E-state index contributed by atoms with van der Waals surface area (Å²) in [6.45, 7) is 3.22. The molecule has 1 rings (SSSR count). The van der Waals surface area contributed by atoms with Crippen LogP contribution in [0.5, 0.6) is 5.75 Å². The van der Waals surface area contributed by atoms with E-state index in [-0.39, 0.29) is 5.75 Å². The van der Waals surface area contributed by atoms with Crippen molar-refractivity contribution in [1.82, 2.24) is 0 Å². The van der Waals surface area contributed by atoms with Crippen molar-refractivity contribution < 1.29 is 15.0 Å². The zero-order chi connectivity index (χ0) is 10.6. The van der Waals surface area contributed by atoms with Crippen LogP contribution < -0.4 is 0 Å². The first kappa shape index (κ1) is 10.2. The van der Waals surface area contributed by atoms with Gasteiger partial charge in [-0.25, -0.2) is 4.79 Å². The summed E-state index contributed by atoms with van der Waals surface area (Å²) in [4.78, 5) is 14.1. The van der Waals surface area contributed by atoms with Crippen LogP contribution in [0.3, 0.4) is 0 Å². The Balaban J connectivity index is 2.72. The molecule has 0 aliphatic rings. The van der Waals surface area contributed by atoms with E-state index in [4.69, 9.17) is 10.2 Å². The number of aliphatic carboxylic acids is 1. The number of nitrogens with zero attached hydrogens (tertiary/aromatic N) is 1. The Hall–Kier alpha value is -1.84. The monoisotopic (exact) mass is 193 g/mol. The topological polar surface area (TPSA) is 69.9 Å². The van der Waals surface area contributed by atoms with Crippen molar-refractivity contribution in [2.24, 2.45) is 4.99 Å². The maximum Gasteiger partial charge on any atom is 0.328 e.